The molecular formula is C10H6BrNO3. The first-order chi connectivity index (χ1) is 7.18. The number of rotatable bonds is 2. The van der Waals surface area contributed by atoms with Crippen LogP contribution in [0.1, 0.15) is 10.4 Å². The maximum absolute atomic E-state index is 10.8. The Balaban J connectivity index is 2.54. The molecular weight excluding hydrogens is 262 g/mol. The lowest BCUT2D eigenvalue weighted by atomic mass is 10.1. The molecule has 0 aliphatic carbocycles. The fourth-order valence-electron chi connectivity index (χ4n) is 1.23. The maximum atomic E-state index is 10.8. The molecule has 0 amide bonds. The fourth-order valence-corrected chi connectivity index (χ4v) is 1.63. The Morgan fingerprint density at radius 2 is 2.27 bits per heavy atom. The molecule has 2 aromatic rings. The first kappa shape index (κ1) is 9.92. The molecule has 0 fully saturated rings. The molecule has 1 aromatic heterocycles. The lowest BCUT2D eigenvalue weighted by molar-refractivity contribution is 0.0697. The van der Waals surface area contributed by atoms with Crippen LogP contribution in [0, 0.1) is 0 Å². The second-order valence-electron chi connectivity index (χ2n) is 2.89. The van der Waals surface area contributed by atoms with E-state index in [9.17, 15) is 4.79 Å². The molecule has 2 rings (SSSR count). The van der Waals surface area contributed by atoms with Gasteiger partial charge in [0.1, 0.15) is 17.5 Å². The van der Waals surface area contributed by atoms with E-state index in [1.165, 1.54) is 0 Å². The smallest absolute Gasteiger partial charge is 0.341 e. The third-order valence-corrected chi connectivity index (χ3v) is 2.39. The number of aromatic nitrogens is 1. The van der Waals surface area contributed by atoms with Gasteiger partial charge >= 0.3 is 5.97 Å². The molecule has 0 radical (unpaired) electrons. The van der Waals surface area contributed by atoms with Gasteiger partial charge in [0.25, 0.3) is 0 Å². The number of aromatic carboxylic acids is 1. The van der Waals surface area contributed by atoms with Crippen LogP contribution in [0.25, 0.3) is 11.3 Å². The van der Waals surface area contributed by atoms with Crippen LogP contribution in [-0.4, -0.2) is 16.2 Å². The summed E-state index contributed by atoms with van der Waals surface area (Å²) < 4.78 is 5.52. The van der Waals surface area contributed by atoms with Crippen molar-refractivity contribution in [3.63, 3.8) is 0 Å². The highest BCUT2D eigenvalue weighted by atomic mass is 79.9. The van der Waals surface area contributed by atoms with Crippen molar-refractivity contribution in [2.75, 3.05) is 0 Å². The molecule has 0 atom stereocenters. The third-order valence-electron chi connectivity index (χ3n) is 1.90. The van der Waals surface area contributed by atoms with Crippen molar-refractivity contribution in [1.82, 2.24) is 5.16 Å². The van der Waals surface area contributed by atoms with Gasteiger partial charge < -0.3 is 9.63 Å². The van der Waals surface area contributed by atoms with E-state index in [1.54, 1.807) is 18.2 Å². The first-order valence-electron chi connectivity index (χ1n) is 4.12. The van der Waals surface area contributed by atoms with Gasteiger partial charge in [-0.15, -0.1) is 0 Å². The van der Waals surface area contributed by atoms with Crippen LogP contribution in [0.4, 0.5) is 0 Å². The van der Waals surface area contributed by atoms with Gasteiger partial charge in [0.05, 0.1) is 0 Å². The zero-order valence-corrected chi connectivity index (χ0v) is 9.06. The summed E-state index contributed by atoms with van der Waals surface area (Å²) in [5, 5.41) is 12.5. The Morgan fingerprint density at radius 1 is 1.47 bits per heavy atom. The van der Waals surface area contributed by atoms with Crippen LogP contribution in [0.5, 0.6) is 0 Å². The second kappa shape index (κ2) is 3.86. The average Bonchev–Trinajstić information content (AvgIpc) is 2.65. The molecule has 1 N–H and O–H groups in total. The third kappa shape index (κ3) is 1.92. The Bertz CT molecular complexity index is 507. The largest absolute Gasteiger partial charge is 0.477 e. The summed E-state index contributed by atoms with van der Waals surface area (Å²) in [4.78, 5) is 10.8. The van der Waals surface area contributed by atoms with E-state index in [4.69, 9.17) is 5.11 Å². The van der Waals surface area contributed by atoms with Gasteiger partial charge in [-0.2, -0.15) is 0 Å². The summed E-state index contributed by atoms with van der Waals surface area (Å²) in [6.07, 6.45) is 1.12. The van der Waals surface area contributed by atoms with Gasteiger partial charge in [-0.1, -0.05) is 33.2 Å². The zero-order valence-electron chi connectivity index (χ0n) is 7.48. The minimum atomic E-state index is -1.05. The number of nitrogens with zero attached hydrogens (tertiary/aromatic N) is 1. The molecule has 1 heterocycles. The number of hydrogen-bond acceptors (Lipinski definition) is 3. The summed E-state index contributed by atoms with van der Waals surface area (Å²) in [5.41, 5.74) is 1.10. The van der Waals surface area contributed by atoms with Crippen LogP contribution < -0.4 is 0 Å². The number of benzene rings is 1. The van der Waals surface area contributed by atoms with Gasteiger partial charge in [0, 0.05) is 10.0 Å². The maximum Gasteiger partial charge on any atom is 0.341 e. The molecule has 0 saturated heterocycles. The van der Waals surface area contributed by atoms with Crippen LogP contribution in [0.15, 0.2) is 39.5 Å². The highest BCUT2D eigenvalue weighted by Crippen LogP contribution is 2.24. The summed E-state index contributed by atoms with van der Waals surface area (Å²) in [5.74, 6) is -1.05. The minimum Gasteiger partial charge on any atom is -0.477 e. The van der Waals surface area contributed by atoms with E-state index in [2.05, 4.69) is 25.6 Å². The Hall–Kier alpha value is -1.62. The summed E-state index contributed by atoms with van der Waals surface area (Å²) in [6.45, 7) is 0. The molecule has 0 saturated carbocycles. The predicted octanol–water partition coefficient (Wildman–Crippen LogP) is 2.80. The zero-order chi connectivity index (χ0) is 10.8. The number of hydrogen-bond donors (Lipinski definition) is 1. The fraction of sp³-hybridized carbons (Fsp3) is 0. The standard InChI is InChI=1S/C10H6BrNO3/c11-7-3-1-2-6(4-7)9-8(10(13)14)5-15-12-9/h1-5H,(H,13,14). The van der Waals surface area contributed by atoms with Crippen molar-refractivity contribution < 1.29 is 14.4 Å². The van der Waals surface area contributed by atoms with Gasteiger partial charge in [-0.25, -0.2) is 4.79 Å². The summed E-state index contributed by atoms with van der Waals surface area (Å²) in [6, 6.07) is 7.21. The van der Waals surface area contributed by atoms with Crippen molar-refractivity contribution in [1.29, 1.82) is 0 Å². The van der Waals surface area contributed by atoms with Crippen molar-refractivity contribution in [2.45, 2.75) is 0 Å². The Labute approximate surface area is 93.6 Å². The highest BCUT2D eigenvalue weighted by molar-refractivity contribution is 9.10. The number of carboxylic acid groups (broad SMARTS) is 1. The van der Waals surface area contributed by atoms with Crippen molar-refractivity contribution in [3.8, 4) is 11.3 Å². The highest BCUT2D eigenvalue weighted by Gasteiger charge is 2.16. The Morgan fingerprint density at radius 3 is 2.93 bits per heavy atom. The molecule has 0 aliphatic rings. The van der Waals surface area contributed by atoms with E-state index in [0.717, 1.165) is 10.7 Å². The molecule has 0 bridgehead atoms. The van der Waals surface area contributed by atoms with E-state index < -0.39 is 5.97 Å². The monoisotopic (exact) mass is 267 g/mol. The number of carbonyl (C=O) groups is 1. The van der Waals surface area contributed by atoms with E-state index >= 15 is 0 Å². The SMILES string of the molecule is O=C(O)c1conc1-c1cccc(Br)c1. The molecule has 15 heavy (non-hydrogen) atoms. The van der Waals surface area contributed by atoms with Crippen LogP contribution in [0.2, 0.25) is 0 Å². The molecule has 0 aliphatic heterocycles. The molecule has 5 heteroatoms. The van der Waals surface area contributed by atoms with E-state index in [0.29, 0.717) is 11.3 Å². The van der Waals surface area contributed by atoms with Crippen molar-refractivity contribution in [3.05, 3.63) is 40.6 Å². The van der Waals surface area contributed by atoms with E-state index in [1.807, 2.05) is 6.07 Å². The van der Waals surface area contributed by atoms with E-state index in [-0.39, 0.29) is 5.56 Å². The van der Waals surface area contributed by atoms with Gasteiger partial charge in [0.15, 0.2) is 0 Å². The molecule has 0 spiro atoms. The van der Waals surface area contributed by atoms with Gasteiger partial charge in [0.2, 0.25) is 0 Å². The molecule has 1 aromatic carbocycles. The average molecular weight is 268 g/mol. The lowest BCUT2D eigenvalue weighted by Crippen LogP contribution is -1.96. The normalized spacial score (nSPS) is 10.2. The van der Waals surface area contributed by atoms with Crippen LogP contribution in [0.3, 0.4) is 0 Å². The molecule has 76 valence electrons. The second-order valence-corrected chi connectivity index (χ2v) is 3.81. The molecule has 4 nitrogen and oxygen atoms in total. The van der Waals surface area contributed by atoms with Crippen LogP contribution in [-0.2, 0) is 0 Å². The molecule has 0 unspecified atom stereocenters. The first-order valence-corrected chi connectivity index (χ1v) is 4.91. The lowest BCUT2D eigenvalue weighted by Gasteiger charge is -1.97. The van der Waals surface area contributed by atoms with Gasteiger partial charge in [-0.3, -0.25) is 0 Å². The minimum absolute atomic E-state index is 0.0631. The van der Waals surface area contributed by atoms with Crippen LogP contribution >= 0.6 is 15.9 Å². The summed E-state index contributed by atoms with van der Waals surface area (Å²) >= 11 is 3.30. The van der Waals surface area contributed by atoms with Crippen molar-refractivity contribution in [2.24, 2.45) is 0 Å². The summed E-state index contributed by atoms with van der Waals surface area (Å²) in [7, 11) is 0. The van der Waals surface area contributed by atoms with Crippen molar-refractivity contribution >= 4 is 21.9 Å². The Kier molecular flexibility index (Phi) is 2.55. The van der Waals surface area contributed by atoms with Gasteiger partial charge in [-0.05, 0) is 12.1 Å². The topological polar surface area (TPSA) is 63.3 Å². The number of halogens is 1. The number of carboxylic acids is 1. The predicted molar refractivity (Wildman–Crippen MR) is 56.6 cm³/mol. The quantitative estimate of drug-likeness (QED) is 0.909.